The minimum Gasteiger partial charge on any atom is -0.330 e. The summed E-state index contributed by atoms with van der Waals surface area (Å²) in [5.74, 6) is -1.97. The van der Waals surface area contributed by atoms with Crippen LogP contribution in [0.5, 0.6) is 0 Å². The Morgan fingerprint density at radius 2 is 1.93 bits per heavy atom. The Kier molecular flexibility index (Phi) is 5.95. The molecule has 0 bridgehead atoms. The minimum atomic E-state index is -0.764. The van der Waals surface area contributed by atoms with Crippen molar-refractivity contribution < 1.29 is 24.0 Å². The molecule has 0 unspecified atom stereocenters. The van der Waals surface area contributed by atoms with Crippen molar-refractivity contribution in [2.24, 2.45) is 0 Å². The Balaban J connectivity index is 1.44. The highest BCUT2D eigenvalue weighted by atomic mass is 16.7. The van der Waals surface area contributed by atoms with Crippen LogP contribution in [0.1, 0.15) is 55.8 Å². The molecular weight excluding hydrogens is 350 g/mol. The number of carbonyl (C=O) groups is 4. The van der Waals surface area contributed by atoms with Gasteiger partial charge in [-0.1, -0.05) is 6.07 Å². The van der Waals surface area contributed by atoms with Crippen LogP contribution in [0.4, 0.5) is 0 Å². The maximum absolute atomic E-state index is 12.1. The number of hydrogen-bond acceptors (Lipinski definition) is 7. The lowest BCUT2D eigenvalue weighted by molar-refractivity contribution is -0.197. The average molecular weight is 373 g/mol. The van der Waals surface area contributed by atoms with E-state index in [1.165, 1.54) is 6.42 Å². The fourth-order valence-electron chi connectivity index (χ4n) is 3.41. The first-order chi connectivity index (χ1) is 12.9. The van der Waals surface area contributed by atoms with Gasteiger partial charge in [0.15, 0.2) is 0 Å². The Morgan fingerprint density at radius 3 is 2.52 bits per heavy atom. The van der Waals surface area contributed by atoms with Crippen LogP contribution in [-0.2, 0) is 30.4 Å². The summed E-state index contributed by atoms with van der Waals surface area (Å²) in [5, 5.41) is 0.493. The van der Waals surface area contributed by atoms with Gasteiger partial charge in [0, 0.05) is 43.6 Å². The lowest BCUT2D eigenvalue weighted by Gasteiger charge is -2.19. The topological polar surface area (TPSA) is 96.9 Å². The van der Waals surface area contributed by atoms with Crippen LogP contribution in [0.15, 0.2) is 18.3 Å². The molecule has 8 heteroatoms. The van der Waals surface area contributed by atoms with Gasteiger partial charge in [0.1, 0.15) is 5.78 Å². The number of carbonyl (C=O) groups excluding carboxylic acids is 4. The van der Waals surface area contributed by atoms with E-state index in [9.17, 15) is 19.2 Å². The zero-order chi connectivity index (χ0) is 19.4. The molecule has 1 atom stereocenters. The fourth-order valence-corrected chi connectivity index (χ4v) is 3.41. The van der Waals surface area contributed by atoms with Gasteiger partial charge >= 0.3 is 5.97 Å². The molecule has 0 spiro atoms. The van der Waals surface area contributed by atoms with Crippen LogP contribution in [0.2, 0.25) is 0 Å². The van der Waals surface area contributed by atoms with Crippen LogP contribution in [0.25, 0.3) is 0 Å². The van der Waals surface area contributed by atoms with Gasteiger partial charge in [0.2, 0.25) is 0 Å². The number of nitrogens with zero attached hydrogens (tertiary/aromatic N) is 3. The van der Waals surface area contributed by atoms with E-state index in [0.717, 1.165) is 18.5 Å². The molecule has 0 saturated carbocycles. The predicted molar refractivity (Wildman–Crippen MR) is 94.0 cm³/mol. The molecule has 2 aliphatic rings. The summed E-state index contributed by atoms with van der Waals surface area (Å²) in [6.07, 6.45) is 4.12. The SMILES string of the molecule is CN1CCC[C@H]1c1ccc(CC(=O)CCC(=O)ON2C(=O)CCC2=O)nc1. The zero-order valence-corrected chi connectivity index (χ0v) is 15.3. The molecule has 2 fully saturated rings. The molecule has 2 amide bonds. The van der Waals surface area contributed by atoms with Gasteiger partial charge < -0.3 is 4.84 Å². The van der Waals surface area contributed by atoms with Gasteiger partial charge in [-0.3, -0.25) is 24.3 Å². The van der Waals surface area contributed by atoms with Gasteiger partial charge in [-0.2, -0.15) is 0 Å². The van der Waals surface area contributed by atoms with Crippen molar-refractivity contribution in [2.45, 2.75) is 51.0 Å². The van der Waals surface area contributed by atoms with Crippen molar-refractivity contribution in [3.8, 4) is 0 Å². The van der Waals surface area contributed by atoms with Crippen molar-refractivity contribution in [1.82, 2.24) is 14.9 Å². The number of imide groups is 1. The predicted octanol–water partition coefficient (Wildman–Crippen LogP) is 1.35. The number of Topliss-reactive ketones (excluding diaryl/α,β-unsaturated/α-hetero) is 1. The Labute approximate surface area is 157 Å². The summed E-state index contributed by atoms with van der Waals surface area (Å²) >= 11 is 0. The molecule has 144 valence electrons. The van der Waals surface area contributed by atoms with Crippen LogP contribution < -0.4 is 0 Å². The Morgan fingerprint density at radius 1 is 1.19 bits per heavy atom. The second-order valence-corrected chi connectivity index (χ2v) is 6.98. The molecule has 0 aliphatic carbocycles. The van der Waals surface area contributed by atoms with Crippen molar-refractivity contribution in [3.05, 3.63) is 29.6 Å². The van der Waals surface area contributed by atoms with E-state index in [2.05, 4.69) is 16.9 Å². The van der Waals surface area contributed by atoms with Gasteiger partial charge in [-0.15, -0.1) is 5.06 Å². The third-order valence-electron chi connectivity index (χ3n) is 4.94. The fraction of sp³-hybridized carbons (Fsp3) is 0.526. The first kappa shape index (κ1) is 19.2. The average Bonchev–Trinajstić information content (AvgIpc) is 3.21. The quantitative estimate of drug-likeness (QED) is 0.666. The molecule has 1 aromatic rings. The molecular formula is C19H23N3O5. The number of rotatable bonds is 7. The summed E-state index contributed by atoms with van der Waals surface area (Å²) in [5.41, 5.74) is 1.80. The van der Waals surface area contributed by atoms with E-state index >= 15 is 0 Å². The maximum atomic E-state index is 12.1. The van der Waals surface area contributed by atoms with Crippen LogP contribution in [0, 0.1) is 0 Å². The molecule has 0 aromatic carbocycles. The second kappa shape index (κ2) is 8.39. The number of ketones is 1. The van der Waals surface area contributed by atoms with E-state index in [-0.39, 0.29) is 37.9 Å². The maximum Gasteiger partial charge on any atom is 0.333 e. The Hall–Kier alpha value is -2.61. The van der Waals surface area contributed by atoms with Crippen molar-refractivity contribution >= 4 is 23.6 Å². The number of pyridine rings is 1. The van der Waals surface area contributed by atoms with E-state index < -0.39 is 17.8 Å². The highest BCUT2D eigenvalue weighted by Gasteiger charge is 2.32. The number of amides is 2. The zero-order valence-electron chi connectivity index (χ0n) is 15.3. The molecule has 0 N–H and O–H groups in total. The normalized spacial score (nSPS) is 20.3. The van der Waals surface area contributed by atoms with Gasteiger partial charge in [0.05, 0.1) is 6.42 Å². The molecule has 27 heavy (non-hydrogen) atoms. The third kappa shape index (κ3) is 4.77. The molecule has 3 heterocycles. The van der Waals surface area contributed by atoms with E-state index in [1.54, 1.807) is 0 Å². The van der Waals surface area contributed by atoms with Gasteiger partial charge in [-0.05, 0) is 38.1 Å². The lowest BCUT2D eigenvalue weighted by Crippen LogP contribution is -2.32. The van der Waals surface area contributed by atoms with Crippen molar-refractivity contribution in [1.29, 1.82) is 0 Å². The highest BCUT2D eigenvalue weighted by Crippen LogP contribution is 2.29. The first-order valence-electron chi connectivity index (χ1n) is 9.17. The van der Waals surface area contributed by atoms with Crippen molar-refractivity contribution in [3.63, 3.8) is 0 Å². The largest absolute Gasteiger partial charge is 0.333 e. The first-order valence-corrected chi connectivity index (χ1v) is 9.17. The highest BCUT2D eigenvalue weighted by molar-refractivity contribution is 6.01. The van der Waals surface area contributed by atoms with E-state index in [0.29, 0.717) is 16.8 Å². The third-order valence-corrected chi connectivity index (χ3v) is 4.94. The lowest BCUT2D eigenvalue weighted by atomic mass is 10.1. The number of aromatic nitrogens is 1. The minimum absolute atomic E-state index is 0.0240. The molecule has 8 nitrogen and oxygen atoms in total. The summed E-state index contributed by atoms with van der Waals surface area (Å²) in [4.78, 5) is 58.0. The molecule has 3 rings (SSSR count). The second-order valence-electron chi connectivity index (χ2n) is 6.98. The van der Waals surface area contributed by atoms with Crippen LogP contribution in [-0.4, -0.2) is 52.1 Å². The molecule has 0 radical (unpaired) electrons. The smallest absolute Gasteiger partial charge is 0.330 e. The number of likely N-dealkylation sites (tertiary alicyclic amines) is 1. The van der Waals surface area contributed by atoms with E-state index in [1.807, 2.05) is 18.3 Å². The molecule has 2 aliphatic heterocycles. The van der Waals surface area contributed by atoms with Crippen LogP contribution in [0.3, 0.4) is 0 Å². The van der Waals surface area contributed by atoms with Crippen molar-refractivity contribution in [2.75, 3.05) is 13.6 Å². The van der Waals surface area contributed by atoms with Gasteiger partial charge in [0.25, 0.3) is 11.8 Å². The monoisotopic (exact) mass is 373 g/mol. The summed E-state index contributed by atoms with van der Waals surface area (Å²) < 4.78 is 0. The number of hydroxylamine groups is 2. The molecule has 2 saturated heterocycles. The summed E-state index contributed by atoms with van der Waals surface area (Å²) in [6.45, 7) is 1.08. The van der Waals surface area contributed by atoms with E-state index in [4.69, 9.17) is 4.84 Å². The standard InChI is InChI=1S/C19H23N3O5/c1-21-10-2-3-16(21)13-4-5-14(20-12-13)11-15(23)6-9-19(26)27-22-17(24)7-8-18(22)25/h4-5,12,16H,2-3,6-11H2,1H3/t16-/m0/s1. The summed E-state index contributed by atoms with van der Waals surface area (Å²) in [6, 6.07) is 4.23. The summed E-state index contributed by atoms with van der Waals surface area (Å²) in [7, 11) is 2.09. The number of hydrogen-bond donors (Lipinski definition) is 0. The van der Waals surface area contributed by atoms with Crippen LogP contribution >= 0.6 is 0 Å². The molecule has 1 aromatic heterocycles. The van der Waals surface area contributed by atoms with Gasteiger partial charge in [-0.25, -0.2) is 4.79 Å². The Bertz CT molecular complexity index is 730.